The lowest BCUT2D eigenvalue weighted by Crippen LogP contribution is -2.41. The Morgan fingerprint density at radius 2 is 1.80 bits per heavy atom. The second-order valence-electron chi connectivity index (χ2n) is 1.55. The van der Waals surface area contributed by atoms with Crippen molar-refractivity contribution < 1.29 is 16.9 Å². The predicted molar refractivity (Wildman–Crippen MR) is 31.4 cm³/mol. The van der Waals surface area contributed by atoms with Crippen molar-refractivity contribution in [1.29, 1.82) is 0 Å². The van der Waals surface area contributed by atoms with Gasteiger partial charge in [-0.15, -0.1) is 8.42 Å². The van der Waals surface area contributed by atoms with E-state index in [1.807, 2.05) is 0 Å². The molecule has 0 aromatic carbocycles. The number of hydrogen-bond acceptors (Lipinski definition) is 3. The van der Waals surface area contributed by atoms with Crippen LogP contribution in [0.5, 0.6) is 0 Å². The summed E-state index contributed by atoms with van der Waals surface area (Å²) in [6.45, 7) is 0. The first-order valence-corrected chi connectivity index (χ1v) is 3.79. The highest BCUT2D eigenvalue weighted by Gasteiger charge is 2.14. The van der Waals surface area contributed by atoms with Crippen LogP contribution in [0.25, 0.3) is 0 Å². The molecule has 0 saturated carbocycles. The van der Waals surface area contributed by atoms with Gasteiger partial charge in [0.2, 0.25) is 12.4 Å². The summed E-state index contributed by atoms with van der Waals surface area (Å²) in [6, 6.07) is 0. The van der Waals surface area contributed by atoms with Crippen molar-refractivity contribution in [3.05, 3.63) is 24.8 Å². The van der Waals surface area contributed by atoms with Crippen molar-refractivity contribution >= 4 is 10.3 Å². The molecule has 0 amide bonds. The van der Waals surface area contributed by atoms with E-state index in [4.69, 9.17) is 4.55 Å². The quantitative estimate of drug-likeness (QED) is 0.424. The fourth-order valence-electron chi connectivity index (χ4n) is 0.462. The standard InChI is InChI=1S/C4H4N2O3S/c7-10(8,9)6-3-1-5-2-4-6/h1-4H/p+1. The predicted octanol–water partition coefficient (Wildman–Crippen LogP) is -0.980. The van der Waals surface area contributed by atoms with Gasteiger partial charge in [-0.25, -0.2) is 4.55 Å². The minimum atomic E-state index is -4.13. The molecule has 0 spiro atoms. The van der Waals surface area contributed by atoms with E-state index in [1.54, 1.807) is 0 Å². The van der Waals surface area contributed by atoms with Gasteiger partial charge in [0.25, 0.3) is 0 Å². The van der Waals surface area contributed by atoms with Crippen LogP contribution in [0, 0.1) is 0 Å². The third-order valence-electron chi connectivity index (χ3n) is 0.866. The Morgan fingerprint density at radius 3 is 2.10 bits per heavy atom. The molecule has 0 radical (unpaired) electrons. The van der Waals surface area contributed by atoms with E-state index >= 15 is 0 Å². The van der Waals surface area contributed by atoms with Gasteiger partial charge < -0.3 is 0 Å². The van der Waals surface area contributed by atoms with Crippen molar-refractivity contribution in [1.82, 2.24) is 4.98 Å². The molecule has 10 heavy (non-hydrogen) atoms. The highest BCUT2D eigenvalue weighted by atomic mass is 32.2. The van der Waals surface area contributed by atoms with Gasteiger partial charge >= 0.3 is 10.3 Å². The second-order valence-corrected chi connectivity index (χ2v) is 2.87. The Labute approximate surface area is 57.8 Å². The Balaban J connectivity index is 3.22. The zero-order valence-electron chi connectivity index (χ0n) is 4.88. The SMILES string of the molecule is O=S(=O)(O)[n+]1ccncc1. The van der Waals surface area contributed by atoms with Crippen molar-refractivity contribution in [2.75, 3.05) is 0 Å². The maximum absolute atomic E-state index is 10.3. The molecular weight excluding hydrogens is 156 g/mol. The number of hydrogen-bond donors (Lipinski definition) is 1. The normalized spacial score (nSPS) is 11.3. The van der Waals surface area contributed by atoms with Crippen LogP contribution in [0.1, 0.15) is 0 Å². The van der Waals surface area contributed by atoms with Gasteiger partial charge in [-0.05, 0) is 0 Å². The third-order valence-corrected chi connectivity index (χ3v) is 1.64. The summed E-state index contributed by atoms with van der Waals surface area (Å²) in [5.74, 6) is 0. The van der Waals surface area contributed by atoms with E-state index in [-0.39, 0.29) is 0 Å². The van der Waals surface area contributed by atoms with Crippen LogP contribution < -0.4 is 3.97 Å². The topological polar surface area (TPSA) is 71.1 Å². The molecular formula is C4H5N2O3S+. The van der Waals surface area contributed by atoms with Crippen LogP contribution in [0.4, 0.5) is 0 Å². The average molecular weight is 161 g/mol. The Morgan fingerprint density at radius 1 is 1.30 bits per heavy atom. The lowest BCUT2D eigenvalue weighted by molar-refractivity contribution is -0.519. The molecule has 1 aromatic heterocycles. The molecule has 5 nitrogen and oxygen atoms in total. The van der Waals surface area contributed by atoms with Crippen LogP contribution >= 0.6 is 0 Å². The molecule has 1 heterocycles. The van der Waals surface area contributed by atoms with E-state index in [1.165, 1.54) is 12.4 Å². The molecule has 0 fully saturated rings. The van der Waals surface area contributed by atoms with E-state index in [2.05, 4.69) is 4.98 Å². The van der Waals surface area contributed by atoms with Crippen LogP contribution in [-0.2, 0) is 10.3 Å². The summed E-state index contributed by atoms with van der Waals surface area (Å²) in [7, 11) is -4.13. The Bertz CT molecular complexity index is 307. The first kappa shape index (κ1) is 7.10. The first-order valence-electron chi connectivity index (χ1n) is 2.40. The van der Waals surface area contributed by atoms with Gasteiger partial charge in [-0.2, -0.15) is 0 Å². The minimum Gasteiger partial charge on any atom is -0.252 e. The zero-order chi connectivity index (χ0) is 7.61. The zero-order valence-corrected chi connectivity index (χ0v) is 5.69. The van der Waals surface area contributed by atoms with Gasteiger partial charge in [-0.3, -0.25) is 4.98 Å². The largest absolute Gasteiger partial charge is 0.511 e. The number of aromatic nitrogens is 2. The maximum Gasteiger partial charge on any atom is 0.511 e. The molecule has 1 N–H and O–H groups in total. The van der Waals surface area contributed by atoms with Gasteiger partial charge in [0.1, 0.15) is 0 Å². The van der Waals surface area contributed by atoms with Crippen molar-refractivity contribution in [2.45, 2.75) is 0 Å². The highest BCUT2D eigenvalue weighted by molar-refractivity contribution is 7.79. The Kier molecular flexibility index (Phi) is 1.64. The number of nitrogens with zero attached hydrogens (tertiary/aromatic N) is 2. The number of rotatable bonds is 1. The molecule has 0 aliphatic rings. The average Bonchev–Trinajstić information content (AvgIpc) is 1.88. The summed E-state index contributed by atoms with van der Waals surface area (Å²) in [4.78, 5) is 3.56. The van der Waals surface area contributed by atoms with Gasteiger partial charge in [0.15, 0.2) is 0 Å². The summed E-state index contributed by atoms with van der Waals surface area (Å²) in [5, 5.41) is 0. The molecule has 1 rings (SSSR count). The van der Waals surface area contributed by atoms with E-state index in [0.29, 0.717) is 3.97 Å². The maximum atomic E-state index is 10.3. The Hall–Kier alpha value is -1.01. The van der Waals surface area contributed by atoms with E-state index in [9.17, 15) is 8.42 Å². The summed E-state index contributed by atoms with van der Waals surface area (Å²) in [5.41, 5.74) is 0. The van der Waals surface area contributed by atoms with Crippen LogP contribution in [0.2, 0.25) is 0 Å². The van der Waals surface area contributed by atoms with Crippen LogP contribution in [-0.4, -0.2) is 18.0 Å². The lowest BCUT2D eigenvalue weighted by atomic mass is 10.8. The molecule has 6 heteroatoms. The smallest absolute Gasteiger partial charge is 0.252 e. The molecule has 0 bridgehead atoms. The molecule has 0 aliphatic carbocycles. The highest BCUT2D eigenvalue weighted by Crippen LogP contribution is 1.74. The second kappa shape index (κ2) is 2.31. The first-order chi connectivity index (χ1) is 4.61. The molecule has 0 unspecified atom stereocenters. The monoisotopic (exact) mass is 161 g/mol. The fraction of sp³-hybridized carbons (Fsp3) is 0. The molecule has 0 aliphatic heterocycles. The van der Waals surface area contributed by atoms with Crippen molar-refractivity contribution in [3.63, 3.8) is 0 Å². The molecule has 54 valence electrons. The summed E-state index contributed by atoms with van der Waals surface area (Å²) in [6.07, 6.45) is 4.78. The fourth-order valence-corrected chi connectivity index (χ4v) is 0.878. The van der Waals surface area contributed by atoms with Gasteiger partial charge in [0, 0.05) is 0 Å². The van der Waals surface area contributed by atoms with Crippen molar-refractivity contribution in [3.8, 4) is 0 Å². The van der Waals surface area contributed by atoms with Crippen LogP contribution in [0.3, 0.4) is 0 Å². The van der Waals surface area contributed by atoms with Crippen molar-refractivity contribution in [2.24, 2.45) is 0 Å². The summed E-state index contributed by atoms with van der Waals surface area (Å²) >= 11 is 0. The van der Waals surface area contributed by atoms with E-state index in [0.717, 1.165) is 12.4 Å². The van der Waals surface area contributed by atoms with Gasteiger partial charge in [-0.1, -0.05) is 3.97 Å². The molecule has 0 atom stereocenters. The minimum absolute atomic E-state index is 0.653. The molecule has 1 aromatic rings. The third kappa shape index (κ3) is 1.49. The molecule has 0 saturated heterocycles. The van der Waals surface area contributed by atoms with Gasteiger partial charge in [0.05, 0.1) is 12.4 Å². The van der Waals surface area contributed by atoms with Crippen LogP contribution in [0.15, 0.2) is 24.8 Å². The van der Waals surface area contributed by atoms with E-state index < -0.39 is 10.3 Å². The summed E-state index contributed by atoms with van der Waals surface area (Å²) < 4.78 is 29.7. The lowest BCUT2D eigenvalue weighted by Gasteiger charge is -1.85.